The Labute approximate surface area is 125 Å². The molecule has 0 aromatic heterocycles. The average Bonchev–Trinajstić information content (AvgIpc) is 3.29. The van der Waals surface area contributed by atoms with Crippen molar-refractivity contribution in [1.82, 2.24) is 5.32 Å². The van der Waals surface area contributed by atoms with Gasteiger partial charge in [0, 0.05) is 12.3 Å². The van der Waals surface area contributed by atoms with Gasteiger partial charge in [-0.05, 0) is 42.9 Å². The van der Waals surface area contributed by atoms with Gasteiger partial charge >= 0.3 is 6.03 Å². The van der Waals surface area contributed by atoms with Gasteiger partial charge in [-0.3, -0.25) is 0 Å². The number of aliphatic hydroxyl groups is 1. The molecule has 0 spiro atoms. The third-order valence-electron chi connectivity index (χ3n) is 3.55. The molecule has 3 N–H and O–H groups in total. The van der Waals surface area contributed by atoms with E-state index >= 15 is 0 Å². The highest BCUT2D eigenvalue weighted by atomic mass is 16.5. The number of nitrogens with one attached hydrogen (secondary N) is 2. The fraction of sp³-hybridized carbons (Fsp3) is 0.562. The molecule has 2 rings (SSSR count). The second-order valence-corrected chi connectivity index (χ2v) is 5.55. The smallest absolute Gasteiger partial charge is 0.319 e. The van der Waals surface area contributed by atoms with Gasteiger partial charge in [-0.15, -0.1) is 0 Å². The number of hydrogen-bond donors (Lipinski definition) is 3. The number of ether oxygens (including phenoxy) is 1. The molecule has 0 bridgehead atoms. The van der Waals surface area contributed by atoms with E-state index in [-0.39, 0.29) is 18.7 Å². The first-order valence-corrected chi connectivity index (χ1v) is 7.56. The molecule has 1 aromatic carbocycles. The molecule has 1 atom stereocenters. The molecule has 0 heterocycles. The van der Waals surface area contributed by atoms with Gasteiger partial charge in [0.25, 0.3) is 0 Å². The van der Waals surface area contributed by atoms with Crippen LogP contribution in [0.3, 0.4) is 0 Å². The maximum absolute atomic E-state index is 11.8. The lowest BCUT2D eigenvalue weighted by Crippen LogP contribution is -2.39. The SMILES string of the molecule is CCC(CO)NC(=O)Nc1cccc(COCC2CC2)c1. The molecule has 5 nitrogen and oxygen atoms in total. The summed E-state index contributed by atoms with van der Waals surface area (Å²) in [7, 11) is 0. The van der Waals surface area contributed by atoms with Gasteiger partial charge in [0.15, 0.2) is 0 Å². The molecule has 1 aliphatic carbocycles. The highest BCUT2D eigenvalue weighted by Crippen LogP contribution is 2.29. The van der Waals surface area contributed by atoms with Crippen LogP contribution in [0.5, 0.6) is 0 Å². The van der Waals surface area contributed by atoms with E-state index in [4.69, 9.17) is 9.84 Å². The normalized spacial score (nSPS) is 15.5. The molecule has 5 heteroatoms. The maximum atomic E-state index is 11.8. The van der Waals surface area contributed by atoms with Crippen LogP contribution in [0.25, 0.3) is 0 Å². The number of urea groups is 1. The molecule has 0 saturated heterocycles. The number of amides is 2. The van der Waals surface area contributed by atoms with Crippen molar-refractivity contribution in [3.05, 3.63) is 29.8 Å². The summed E-state index contributed by atoms with van der Waals surface area (Å²) in [5, 5.41) is 14.6. The zero-order chi connectivity index (χ0) is 15.1. The fourth-order valence-corrected chi connectivity index (χ4v) is 2.00. The highest BCUT2D eigenvalue weighted by molar-refractivity contribution is 5.89. The van der Waals surface area contributed by atoms with Crippen LogP contribution < -0.4 is 10.6 Å². The molecule has 0 radical (unpaired) electrons. The van der Waals surface area contributed by atoms with E-state index in [0.29, 0.717) is 13.0 Å². The zero-order valence-electron chi connectivity index (χ0n) is 12.5. The van der Waals surface area contributed by atoms with Crippen LogP contribution in [0.4, 0.5) is 10.5 Å². The van der Waals surface area contributed by atoms with Crippen molar-refractivity contribution >= 4 is 11.7 Å². The molecule has 0 aliphatic heterocycles. The summed E-state index contributed by atoms with van der Waals surface area (Å²) in [4.78, 5) is 11.8. The first-order chi connectivity index (χ1) is 10.2. The minimum atomic E-state index is -0.299. The third-order valence-corrected chi connectivity index (χ3v) is 3.55. The van der Waals surface area contributed by atoms with Crippen LogP contribution in [0.1, 0.15) is 31.7 Å². The van der Waals surface area contributed by atoms with E-state index < -0.39 is 0 Å². The van der Waals surface area contributed by atoms with Crippen LogP contribution >= 0.6 is 0 Å². The number of anilines is 1. The standard InChI is InChI=1S/C16H24N2O3/c1-2-14(9-19)17-16(20)18-15-5-3-4-13(8-15)11-21-10-12-6-7-12/h3-5,8,12,14,19H,2,6-7,9-11H2,1H3,(H2,17,18,20). The minimum absolute atomic E-state index is 0.0566. The van der Waals surface area contributed by atoms with Gasteiger partial charge in [-0.2, -0.15) is 0 Å². The van der Waals surface area contributed by atoms with Gasteiger partial charge < -0.3 is 20.5 Å². The lowest BCUT2D eigenvalue weighted by atomic mass is 10.2. The molecular formula is C16H24N2O3. The van der Waals surface area contributed by atoms with E-state index in [1.54, 1.807) is 0 Å². The van der Waals surface area contributed by atoms with Crippen molar-refractivity contribution in [2.75, 3.05) is 18.5 Å². The summed E-state index contributed by atoms with van der Waals surface area (Å²) in [6.45, 7) is 3.26. The maximum Gasteiger partial charge on any atom is 0.319 e. The minimum Gasteiger partial charge on any atom is -0.394 e. The fourth-order valence-electron chi connectivity index (χ4n) is 2.00. The Morgan fingerprint density at radius 2 is 2.29 bits per heavy atom. The Bertz CT molecular complexity index is 457. The van der Waals surface area contributed by atoms with Crippen LogP contribution in [0, 0.1) is 5.92 Å². The Balaban J connectivity index is 1.80. The van der Waals surface area contributed by atoms with Gasteiger partial charge in [0.05, 0.1) is 19.3 Å². The van der Waals surface area contributed by atoms with Crippen molar-refractivity contribution in [1.29, 1.82) is 0 Å². The first-order valence-electron chi connectivity index (χ1n) is 7.56. The Kier molecular flexibility index (Phi) is 6.02. The Hall–Kier alpha value is -1.59. The quantitative estimate of drug-likeness (QED) is 0.689. The Morgan fingerprint density at radius 1 is 1.48 bits per heavy atom. The largest absolute Gasteiger partial charge is 0.394 e. The summed E-state index contributed by atoms with van der Waals surface area (Å²) < 4.78 is 5.64. The molecule has 1 fully saturated rings. The summed E-state index contributed by atoms with van der Waals surface area (Å²) in [6, 6.07) is 7.12. The second kappa shape index (κ2) is 8.00. The number of carbonyl (C=O) groups is 1. The van der Waals surface area contributed by atoms with Gasteiger partial charge in [-0.25, -0.2) is 4.79 Å². The van der Waals surface area contributed by atoms with Crippen molar-refractivity contribution in [3.8, 4) is 0 Å². The van der Waals surface area contributed by atoms with Crippen molar-refractivity contribution < 1.29 is 14.6 Å². The second-order valence-electron chi connectivity index (χ2n) is 5.55. The lowest BCUT2D eigenvalue weighted by molar-refractivity contribution is 0.111. The molecule has 1 unspecified atom stereocenters. The average molecular weight is 292 g/mol. The summed E-state index contributed by atoms with van der Waals surface area (Å²) >= 11 is 0. The molecule has 1 aromatic rings. The first kappa shape index (κ1) is 15.8. The predicted molar refractivity (Wildman–Crippen MR) is 82.1 cm³/mol. The third kappa shape index (κ3) is 5.73. The van der Waals surface area contributed by atoms with Gasteiger partial charge in [-0.1, -0.05) is 19.1 Å². The monoisotopic (exact) mass is 292 g/mol. The topological polar surface area (TPSA) is 70.6 Å². The molecule has 21 heavy (non-hydrogen) atoms. The van der Waals surface area contributed by atoms with E-state index in [0.717, 1.165) is 23.8 Å². The molecule has 116 valence electrons. The highest BCUT2D eigenvalue weighted by Gasteiger charge is 2.21. The number of benzene rings is 1. The Morgan fingerprint density at radius 3 is 2.95 bits per heavy atom. The van der Waals surface area contributed by atoms with E-state index in [1.165, 1.54) is 12.8 Å². The summed E-state index contributed by atoms with van der Waals surface area (Å²) in [6.07, 6.45) is 3.26. The van der Waals surface area contributed by atoms with Gasteiger partial charge in [0.1, 0.15) is 0 Å². The van der Waals surface area contributed by atoms with Crippen LogP contribution in [-0.2, 0) is 11.3 Å². The number of carbonyl (C=O) groups excluding carboxylic acids is 1. The van der Waals surface area contributed by atoms with Crippen LogP contribution in [0.2, 0.25) is 0 Å². The molecule has 2 amide bonds. The van der Waals surface area contributed by atoms with E-state index in [9.17, 15) is 4.79 Å². The van der Waals surface area contributed by atoms with Crippen molar-refractivity contribution in [2.45, 2.75) is 38.8 Å². The number of rotatable bonds is 8. The van der Waals surface area contributed by atoms with E-state index in [2.05, 4.69) is 10.6 Å². The zero-order valence-corrected chi connectivity index (χ0v) is 12.5. The van der Waals surface area contributed by atoms with Crippen LogP contribution in [-0.4, -0.2) is 30.4 Å². The molecule has 1 saturated carbocycles. The van der Waals surface area contributed by atoms with Crippen molar-refractivity contribution in [3.63, 3.8) is 0 Å². The summed E-state index contributed by atoms with van der Waals surface area (Å²) in [5.41, 5.74) is 1.77. The summed E-state index contributed by atoms with van der Waals surface area (Å²) in [5.74, 6) is 0.751. The van der Waals surface area contributed by atoms with E-state index in [1.807, 2.05) is 31.2 Å². The van der Waals surface area contributed by atoms with Crippen molar-refractivity contribution in [2.24, 2.45) is 5.92 Å². The van der Waals surface area contributed by atoms with Gasteiger partial charge in [0.2, 0.25) is 0 Å². The lowest BCUT2D eigenvalue weighted by Gasteiger charge is -2.15. The number of aliphatic hydroxyl groups excluding tert-OH is 1. The van der Waals surface area contributed by atoms with Crippen LogP contribution in [0.15, 0.2) is 24.3 Å². The number of hydrogen-bond acceptors (Lipinski definition) is 3. The molecule has 1 aliphatic rings. The predicted octanol–water partition coefficient (Wildman–Crippen LogP) is 2.51. The molecular weight excluding hydrogens is 268 g/mol.